The molecule has 18 heavy (non-hydrogen) atoms. The summed E-state index contributed by atoms with van der Waals surface area (Å²) in [5, 5.41) is 5.83. The van der Waals surface area contributed by atoms with E-state index in [1.165, 1.54) is 0 Å². The Labute approximate surface area is 106 Å². The predicted octanol–water partition coefficient (Wildman–Crippen LogP) is 0.683. The highest BCUT2D eigenvalue weighted by molar-refractivity contribution is 5.76. The standard InChI is InChI=1S/C13H18N2O3/c1-14-6-5-13(16)15-7-4-10-2-3-11-12(8-10)18-9-17-11/h2-3,8,14H,4-7,9H2,1H3,(H,15,16). The molecule has 2 rings (SSSR count). The zero-order chi connectivity index (χ0) is 12.8. The summed E-state index contributed by atoms with van der Waals surface area (Å²) in [4.78, 5) is 11.4. The minimum absolute atomic E-state index is 0.0742. The van der Waals surface area contributed by atoms with E-state index < -0.39 is 0 Å². The van der Waals surface area contributed by atoms with Gasteiger partial charge in [0.25, 0.3) is 0 Å². The molecule has 1 aromatic rings. The highest BCUT2D eigenvalue weighted by atomic mass is 16.7. The summed E-state index contributed by atoms with van der Waals surface area (Å²) < 4.78 is 10.5. The molecule has 0 unspecified atom stereocenters. The molecule has 0 atom stereocenters. The molecule has 1 heterocycles. The van der Waals surface area contributed by atoms with Crippen molar-refractivity contribution in [2.75, 3.05) is 26.9 Å². The molecular weight excluding hydrogens is 232 g/mol. The Hall–Kier alpha value is -1.75. The van der Waals surface area contributed by atoms with Gasteiger partial charge in [-0.3, -0.25) is 4.79 Å². The average Bonchev–Trinajstić information content (AvgIpc) is 2.83. The van der Waals surface area contributed by atoms with E-state index in [-0.39, 0.29) is 5.91 Å². The number of amides is 1. The lowest BCUT2D eigenvalue weighted by atomic mass is 10.1. The third-order valence-corrected chi connectivity index (χ3v) is 2.77. The normalized spacial score (nSPS) is 12.5. The van der Waals surface area contributed by atoms with Gasteiger partial charge in [0.2, 0.25) is 12.7 Å². The molecule has 5 heteroatoms. The van der Waals surface area contributed by atoms with Crippen molar-refractivity contribution in [1.82, 2.24) is 10.6 Å². The number of nitrogens with one attached hydrogen (secondary N) is 2. The molecule has 1 aliphatic rings. The summed E-state index contributed by atoms with van der Waals surface area (Å²) in [6.45, 7) is 1.64. The van der Waals surface area contributed by atoms with Crippen molar-refractivity contribution in [3.8, 4) is 11.5 Å². The molecule has 0 spiro atoms. The van der Waals surface area contributed by atoms with E-state index in [0.717, 1.165) is 23.5 Å². The number of carbonyl (C=O) groups is 1. The minimum Gasteiger partial charge on any atom is -0.454 e. The van der Waals surface area contributed by atoms with E-state index in [1.807, 2.05) is 25.2 Å². The highest BCUT2D eigenvalue weighted by Crippen LogP contribution is 2.32. The summed E-state index contributed by atoms with van der Waals surface area (Å²) in [6.07, 6.45) is 1.31. The van der Waals surface area contributed by atoms with E-state index in [9.17, 15) is 4.79 Å². The quantitative estimate of drug-likeness (QED) is 0.779. The van der Waals surface area contributed by atoms with E-state index in [0.29, 0.717) is 26.3 Å². The maximum atomic E-state index is 11.4. The summed E-state index contributed by atoms with van der Waals surface area (Å²) in [6, 6.07) is 5.86. The molecule has 0 radical (unpaired) electrons. The molecule has 0 fully saturated rings. The number of ether oxygens (including phenoxy) is 2. The van der Waals surface area contributed by atoms with E-state index >= 15 is 0 Å². The van der Waals surface area contributed by atoms with Crippen molar-refractivity contribution in [2.24, 2.45) is 0 Å². The van der Waals surface area contributed by atoms with Crippen molar-refractivity contribution < 1.29 is 14.3 Å². The van der Waals surface area contributed by atoms with Gasteiger partial charge in [0, 0.05) is 19.5 Å². The zero-order valence-corrected chi connectivity index (χ0v) is 10.5. The van der Waals surface area contributed by atoms with Gasteiger partial charge in [-0.1, -0.05) is 6.07 Å². The molecule has 1 aliphatic heterocycles. The summed E-state index contributed by atoms with van der Waals surface area (Å²) in [5.74, 6) is 1.65. The van der Waals surface area contributed by atoms with Gasteiger partial charge in [-0.2, -0.15) is 0 Å². The van der Waals surface area contributed by atoms with Gasteiger partial charge in [0.15, 0.2) is 11.5 Å². The van der Waals surface area contributed by atoms with Crippen LogP contribution in [0.15, 0.2) is 18.2 Å². The van der Waals surface area contributed by atoms with Crippen LogP contribution in [0.1, 0.15) is 12.0 Å². The smallest absolute Gasteiger partial charge is 0.231 e. The second-order valence-electron chi connectivity index (χ2n) is 4.14. The van der Waals surface area contributed by atoms with E-state index in [1.54, 1.807) is 0 Å². The Morgan fingerprint density at radius 2 is 2.11 bits per heavy atom. The number of carbonyl (C=O) groups excluding carboxylic acids is 1. The van der Waals surface area contributed by atoms with Crippen LogP contribution in [0.2, 0.25) is 0 Å². The van der Waals surface area contributed by atoms with Gasteiger partial charge in [-0.05, 0) is 31.2 Å². The number of rotatable bonds is 6. The molecule has 0 aromatic heterocycles. The van der Waals surface area contributed by atoms with Gasteiger partial charge in [-0.25, -0.2) is 0 Å². The molecule has 1 amide bonds. The summed E-state index contributed by atoms with van der Waals surface area (Å²) in [5.41, 5.74) is 1.13. The van der Waals surface area contributed by atoms with Crippen LogP contribution in [0.4, 0.5) is 0 Å². The van der Waals surface area contributed by atoms with Crippen molar-refractivity contribution >= 4 is 5.91 Å². The highest BCUT2D eigenvalue weighted by Gasteiger charge is 2.12. The summed E-state index contributed by atoms with van der Waals surface area (Å²) >= 11 is 0. The minimum atomic E-state index is 0.0742. The monoisotopic (exact) mass is 250 g/mol. The van der Waals surface area contributed by atoms with Crippen LogP contribution in [-0.4, -0.2) is 32.8 Å². The Balaban J connectivity index is 1.75. The molecule has 2 N–H and O–H groups in total. The fourth-order valence-electron chi connectivity index (χ4n) is 1.77. The van der Waals surface area contributed by atoms with Gasteiger partial charge >= 0.3 is 0 Å². The average molecular weight is 250 g/mol. The first-order chi connectivity index (χ1) is 8.79. The second-order valence-corrected chi connectivity index (χ2v) is 4.14. The molecule has 0 bridgehead atoms. The lowest BCUT2D eigenvalue weighted by Gasteiger charge is -2.06. The van der Waals surface area contributed by atoms with Crippen LogP contribution in [-0.2, 0) is 11.2 Å². The Kier molecular flexibility index (Phi) is 4.41. The Bertz CT molecular complexity index is 421. The first-order valence-electron chi connectivity index (χ1n) is 6.09. The van der Waals surface area contributed by atoms with Crippen molar-refractivity contribution in [1.29, 1.82) is 0 Å². The molecular formula is C13H18N2O3. The molecule has 0 aliphatic carbocycles. The van der Waals surface area contributed by atoms with Gasteiger partial charge in [-0.15, -0.1) is 0 Å². The lowest BCUT2D eigenvalue weighted by molar-refractivity contribution is -0.120. The van der Waals surface area contributed by atoms with Crippen molar-refractivity contribution in [3.05, 3.63) is 23.8 Å². The van der Waals surface area contributed by atoms with Gasteiger partial charge in [0.1, 0.15) is 0 Å². The SMILES string of the molecule is CNCCC(=O)NCCc1ccc2c(c1)OCO2. The third-order valence-electron chi connectivity index (χ3n) is 2.77. The zero-order valence-electron chi connectivity index (χ0n) is 10.5. The van der Waals surface area contributed by atoms with Crippen LogP contribution < -0.4 is 20.1 Å². The summed E-state index contributed by atoms with van der Waals surface area (Å²) in [7, 11) is 1.83. The van der Waals surface area contributed by atoms with Crippen molar-refractivity contribution in [2.45, 2.75) is 12.8 Å². The fraction of sp³-hybridized carbons (Fsp3) is 0.462. The topological polar surface area (TPSA) is 59.6 Å². The predicted molar refractivity (Wildman–Crippen MR) is 67.8 cm³/mol. The Morgan fingerprint density at radius 1 is 1.28 bits per heavy atom. The molecule has 1 aromatic carbocycles. The number of hydrogen-bond acceptors (Lipinski definition) is 4. The maximum absolute atomic E-state index is 11.4. The Morgan fingerprint density at radius 3 is 2.94 bits per heavy atom. The number of benzene rings is 1. The van der Waals surface area contributed by atoms with Crippen LogP contribution in [0, 0.1) is 0 Å². The van der Waals surface area contributed by atoms with E-state index in [4.69, 9.17) is 9.47 Å². The molecule has 0 saturated heterocycles. The van der Waals surface area contributed by atoms with Crippen LogP contribution >= 0.6 is 0 Å². The number of fused-ring (bicyclic) bond motifs is 1. The van der Waals surface area contributed by atoms with Gasteiger partial charge in [0.05, 0.1) is 0 Å². The second kappa shape index (κ2) is 6.26. The first-order valence-corrected chi connectivity index (χ1v) is 6.09. The molecule has 5 nitrogen and oxygen atoms in total. The maximum Gasteiger partial charge on any atom is 0.231 e. The van der Waals surface area contributed by atoms with Crippen LogP contribution in [0.5, 0.6) is 11.5 Å². The number of hydrogen-bond donors (Lipinski definition) is 2. The van der Waals surface area contributed by atoms with Gasteiger partial charge < -0.3 is 20.1 Å². The van der Waals surface area contributed by atoms with Crippen LogP contribution in [0.25, 0.3) is 0 Å². The lowest BCUT2D eigenvalue weighted by Crippen LogP contribution is -2.28. The molecule has 0 saturated carbocycles. The van der Waals surface area contributed by atoms with Crippen LogP contribution in [0.3, 0.4) is 0 Å². The fourth-order valence-corrected chi connectivity index (χ4v) is 1.77. The third kappa shape index (κ3) is 3.37. The first kappa shape index (κ1) is 12.7. The molecule has 98 valence electrons. The largest absolute Gasteiger partial charge is 0.454 e. The van der Waals surface area contributed by atoms with Crippen molar-refractivity contribution in [3.63, 3.8) is 0 Å². The van der Waals surface area contributed by atoms with E-state index in [2.05, 4.69) is 10.6 Å².